The first kappa shape index (κ1) is 19.4. The maximum Gasteiger partial charge on any atom is 0.259 e. The minimum absolute atomic E-state index is 0.0340. The predicted octanol–water partition coefficient (Wildman–Crippen LogP) is 3.81. The molecule has 0 bridgehead atoms. The third-order valence-corrected chi connectivity index (χ3v) is 4.73. The molecule has 4 aromatic rings. The van der Waals surface area contributed by atoms with Crippen LogP contribution in [0.4, 0.5) is 5.69 Å². The van der Waals surface area contributed by atoms with Crippen LogP contribution in [0.1, 0.15) is 20.7 Å². The molecule has 0 aliphatic carbocycles. The average molecular weight is 417 g/mol. The van der Waals surface area contributed by atoms with E-state index in [2.05, 4.69) is 10.4 Å². The smallest absolute Gasteiger partial charge is 0.259 e. The molecule has 0 aliphatic heterocycles. The summed E-state index contributed by atoms with van der Waals surface area (Å²) in [6.07, 6.45) is 1.66. The van der Waals surface area contributed by atoms with Crippen molar-refractivity contribution in [2.75, 3.05) is 5.32 Å². The lowest BCUT2D eigenvalue weighted by molar-refractivity contribution is -0.255. The van der Waals surface area contributed by atoms with Gasteiger partial charge in [-0.3, -0.25) is 4.79 Å². The zero-order valence-electron chi connectivity index (χ0n) is 15.6. The number of rotatable bonds is 5. The lowest BCUT2D eigenvalue weighted by Crippen LogP contribution is -2.22. The largest absolute Gasteiger partial charge is 0.545 e. The number of hydrogen-bond acceptors (Lipinski definition) is 4. The molecule has 0 fully saturated rings. The van der Waals surface area contributed by atoms with Crippen LogP contribution in [0, 0.1) is 0 Å². The molecule has 6 nitrogen and oxygen atoms in total. The van der Waals surface area contributed by atoms with Crippen LogP contribution in [0.25, 0.3) is 16.9 Å². The summed E-state index contributed by atoms with van der Waals surface area (Å²) in [6, 6.07) is 22.3. The van der Waals surface area contributed by atoms with Crippen LogP contribution in [0.5, 0.6) is 0 Å². The summed E-state index contributed by atoms with van der Waals surface area (Å²) >= 11 is 5.99. The molecule has 0 saturated heterocycles. The Balaban J connectivity index is 1.71. The number of carboxylic acid groups (broad SMARTS) is 1. The molecule has 1 aromatic heterocycles. The molecule has 0 unspecified atom stereocenters. The number of aromatic nitrogens is 2. The van der Waals surface area contributed by atoms with Gasteiger partial charge in [-0.05, 0) is 42.0 Å². The molecule has 3 aromatic carbocycles. The number of aromatic carboxylic acids is 1. The average Bonchev–Trinajstić information content (AvgIpc) is 3.21. The van der Waals surface area contributed by atoms with Gasteiger partial charge in [0.05, 0.1) is 17.2 Å². The Morgan fingerprint density at radius 1 is 0.900 bits per heavy atom. The molecule has 0 saturated carbocycles. The van der Waals surface area contributed by atoms with Crippen molar-refractivity contribution >= 4 is 29.2 Å². The number of carbonyl (C=O) groups is 2. The quantitative estimate of drug-likeness (QED) is 0.536. The maximum atomic E-state index is 13.0. The summed E-state index contributed by atoms with van der Waals surface area (Å²) in [5.74, 6) is -1.65. The third-order valence-electron chi connectivity index (χ3n) is 4.48. The van der Waals surface area contributed by atoms with Crippen molar-refractivity contribution in [1.29, 1.82) is 0 Å². The first-order chi connectivity index (χ1) is 14.5. The van der Waals surface area contributed by atoms with Crippen molar-refractivity contribution in [2.24, 2.45) is 0 Å². The number of hydrogen-bond donors (Lipinski definition) is 1. The monoisotopic (exact) mass is 416 g/mol. The van der Waals surface area contributed by atoms with Crippen molar-refractivity contribution in [2.45, 2.75) is 0 Å². The second kappa shape index (κ2) is 8.23. The number of carbonyl (C=O) groups excluding carboxylic acids is 2. The van der Waals surface area contributed by atoms with Gasteiger partial charge >= 0.3 is 0 Å². The van der Waals surface area contributed by atoms with Crippen molar-refractivity contribution in [3.63, 3.8) is 0 Å². The van der Waals surface area contributed by atoms with E-state index in [1.165, 1.54) is 24.3 Å². The van der Waals surface area contributed by atoms with Gasteiger partial charge in [-0.2, -0.15) is 5.10 Å². The molecule has 0 atom stereocenters. The molecular weight excluding hydrogens is 402 g/mol. The SMILES string of the molecule is O=C([O-])c1ccc(NC(=O)c2cn(-c3ccccc3)nc2-c2ccc(Cl)cc2)cc1. The highest BCUT2D eigenvalue weighted by Crippen LogP contribution is 2.26. The minimum atomic E-state index is -1.28. The Bertz CT molecular complexity index is 1200. The van der Waals surface area contributed by atoms with Crippen LogP contribution < -0.4 is 10.4 Å². The van der Waals surface area contributed by atoms with Gasteiger partial charge in [-0.1, -0.05) is 54.1 Å². The van der Waals surface area contributed by atoms with Crippen LogP contribution in [-0.4, -0.2) is 21.7 Å². The number of para-hydroxylation sites is 1. The fraction of sp³-hybridized carbons (Fsp3) is 0. The molecule has 1 N–H and O–H groups in total. The number of anilines is 1. The Kier molecular flexibility index (Phi) is 5.32. The van der Waals surface area contributed by atoms with Gasteiger partial charge in [0.1, 0.15) is 5.69 Å². The van der Waals surface area contributed by atoms with Gasteiger partial charge < -0.3 is 15.2 Å². The van der Waals surface area contributed by atoms with E-state index >= 15 is 0 Å². The van der Waals surface area contributed by atoms with Gasteiger partial charge in [0, 0.05) is 22.5 Å². The maximum absolute atomic E-state index is 13.0. The fourth-order valence-corrected chi connectivity index (χ4v) is 3.09. The Hall–Kier alpha value is -3.90. The highest BCUT2D eigenvalue weighted by Gasteiger charge is 2.19. The molecule has 0 spiro atoms. The Morgan fingerprint density at radius 3 is 2.20 bits per heavy atom. The summed E-state index contributed by atoms with van der Waals surface area (Å²) < 4.78 is 1.64. The molecular formula is C23H15ClN3O3-. The van der Waals surface area contributed by atoms with Gasteiger partial charge in [0.25, 0.3) is 5.91 Å². The van der Waals surface area contributed by atoms with Crippen LogP contribution in [-0.2, 0) is 0 Å². The third kappa shape index (κ3) is 4.09. The van der Waals surface area contributed by atoms with Crippen molar-refractivity contribution in [3.8, 4) is 16.9 Å². The van der Waals surface area contributed by atoms with E-state index in [0.717, 1.165) is 11.3 Å². The van der Waals surface area contributed by atoms with E-state index in [-0.39, 0.29) is 11.5 Å². The van der Waals surface area contributed by atoms with Crippen LogP contribution in [0.2, 0.25) is 5.02 Å². The van der Waals surface area contributed by atoms with E-state index in [9.17, 15) is 14.7 Å². The summed E-state index contributed by atoms with van der Waals surface area (Å²) in [5.41, 5.74) is 2.91. The summed E-state index contributed by atoms with van der Waals surface area (Å²) in [5, 5.41) is 18.9. The summed E-state index contributed by atoms with van der Waals surface area (Å²) in [7, 11) is 0. The van der Waals surface area contributed by atoms with Crippen molar-refractivity contribution < 1.29 is 14.7 Å². The van der Waals surface area contributed by atoms with Crippen LogP contribution >= 0.6 is 11.6 Å². The Morgan fingerprint density at radius 2 is 1.57 bits per heavy atom. The highest BCUT2D eigenvalue weighted by atomic mass is 35.5. The summed E-state index contributed by atoms with van der Waals surface area (Å²) in [4.78, 5) is 23.9. The molecule has 0 aliphatic rings. The standard InChI is InChI=1S/C23H16ClN3O3/c24-17-10-6-15(7-11-17)21-20(14-27(26-21)19-4-2-1-3-5-19)22(28)25-18-12-8-16(9-13-18)23(29)30/h1-14H,(H,25,28)(H,29,30)/p-1. The van der Waals surface area contributed by atoms with Crippen LogP contribution in [0.15, 0.2) is 85.1 Å². The number of nitrogens with one attached hydrogen (secondary N) is 1. The minimum Gasteiger partial charge on any atom is -0.545 e. The first-order valence-electron chi connectivity index (χ1n) is 9.05. The topological polar surface area (TPSA) is 87.0 Å². The zero-order chi connectivity index (χ0) is 21.1. The van der Waals surface area contributed by atoms with Gasteiger partial charge in [0.15, 0.2) is 0 Å². The molecule has 148 valence electrons. The van der Waals surface area contributed by atoms with E-state index in [0.29, 0.717) is 22.0 Å². The predicted molar refractivity (Wildman–Crippen MR) is 113 cm³/mol. The second-order valence-electron chi connectivity index (χ2n) is 6.50. The first-order valence-corrected chi connectivity index (χ1v) is 9.43. The Labute approximate surface area is 177 Å². The molecule has 4 rings (SSSR count). The van der Waals surface area contributed by atoms with Crippen LogP contribution in [0.3, 0.4) is 0 Å². The van der Waals surface area contributed by atoms with E-state index in [1.807, 2.05) is 30.3 Å². The van der Waals surface area contributed by atoms with Gasteiger partial charge in [-0.25, -0.2) is 4.68 Å². The van der Waals surface area contributed by atoms with Gasteiger partial charge in [-0.15, -0.1) is 0 Å². The number of carboxylic acids is 1. The lowest BCUT2D eigenvalue weighted by Gasteiger charge is -2.07. The highest BCUT2D eigenvalue weighted by molar-refractivity contribution is 6.30. The van der Waals surface area contributed by atoms with E-state index in [4.69, 9.17) is 11.6 Å². The van der Waals surface area contributed by atoms with Gasteiger partial charge in [0.2, 0.25) is 0 Å². The number of nitrogens with zero attached hydrogens (tertiary/aromatic N) is 2. The molecule has 1 amide bonds. The number of benzene rings is 3. The van der Waals surface area contributed by atoms with Crippen molar-refractivity contribution in [1.82, 2.24) is 9.78 Å². The lowest BCUT2D eigenvalue weighted by atomic mass is 10.1. The molecule has 0 radical (unpaired) electrons. The van der Waals surface area contributed by atoms with E-state index in [1.54, 1.807) is 35.1 Å². The van der Waals surface area contributed by atoms with E-state index < -0.39 is 5.97 Å². The normalized spacial score (nSPS) is 10.6. The number of halogens is 1. The second-order valence-corrected chi connectivity index (χ2v) is 6.93. The molecule has 30 heavy (non-hydrogen) atoms. The molecule has 1 heterocycles. The summed E-state index contributed by atoms with van der Waals surface area (Å²) in [6.45, 7) is 0. The fourth-order valence-electron chi connectivity index (χ4n) is 2.96. The van der Waals surface area contributed by atoms with Crippen molar-refractivity contribution in [3.05, 3.63) is 101 Å². The zero-order valence-corrected chi connectivity index (χ0v) is 16.3. The number of amides is 1. The molecule has 7 heteroatoms.